The van der Waals surface area contributed by atoms with Crippen LogP contribution in [0.25, 0.3) is 5.69 Å². The molecular formula is C19H20N6O2. The molecule has 3 rings (SSSR count). The molecule has 0 saturated carbocycles. The van der Waals surface area contributed by atoms with Crippen LogP contribution in [-0.2, 0) is 0 Å². The number of tetrazole rings is 1. The molecule has 0 bridgehead atoms. The smallest absolute Gasteiger partial charge is 0.257 e. The molecule has 2 amide bonds. The first-order chi connectivity index (χ1) is 13.1. The van der Waals surface area contributed by atoms with E-state index in [4.69, 9.17) is 0 Å². The maximum absolute atomic E-state index is 12.8. The second kappa shape index (κ2) is 8.22. The third-order valence-corrected chi connectivity index (χ3v) is 4.16. The third kappa shape index (κ3) is 4.00. The van der Waals surface area contributed by atoms with Crippen LogP contribution in [0.4, 0.5) is 5.69 Å². The molecule has 0 atom stereocenters. The van der Waals surface area contributed by atoms with Crippen molar-refractivity contribution in [2.75, 3.05) is 18.4 Å². The van der Waals surface area contributed by atoms with E-state index in [9.17, 15) is 9.59 Å². The first-order valence-electron chi connectivity index (χ1n) is 8.67. The Morgan fingerprint density at radius 2 is 1.85 bits per heavy atom. The number of nitrogens with zero attached hydrogens (tertiary/aromatic N) is 5. The second-order valence-corrected chi connectivity index (χ2v) is 5.78. The van der Waals surface area contributed by atoms with Crippen molar-refractivity contribution in [2.45, 2.75) is 13.8 Å². The lowest BCUT2D eigenvalue weighted by atomic mass is 10.1. The molecule has 1 N–H and O–H groups in total. The van der Waals surface area contributed by atoms with Gasteiger partial charge in [0.1, 0.15) is 6.33 Å². The number of anilines is 1. The quantitative estimate of drug-likeness (QED) is 0.725. The number of amides is 2. The van der Waals surface area contributed by atoms with Crippen molar-refractivity contribution in [3.8, 4) is 5.69 Å². The molecule has 1 aromatic heterocycles. The van der Waals surface area contributed by atoms with Gasteiger partial charge in [-0.2, -0.15) is 4.68 Å². The Labute approximate surface area is 156 Å². The van der Waals surface area contributed by atoms with Crippen LogP contribution in [0.1, 0.15) is 34.6 Å². The van der Waals surface area contributed by atoms with Crippen LogP contribution < -0.4 is 5.32 Å². The van der Waals surface area contributed by atoms with Crippen LogP contribution >= 0.6 is 0 Å². The van der Waals surface area contributed by atoms with E-state index >= 15 is 0 Å². The van der Waals surface area contributed by atoms with Crippen LogP contribution in [-0.4, -0.2) is 50.0 Å². The normalized spacial score (nSPS) is 10.4. The van der Waals surface area contributed by atoms with Crippen LogP contribution in [0.2, 0.25) is 0 Å². The largest absolute Gasteiger partial charge is 0.339 e. The fourth-order valence-electron chi connectivity index (χ4n) is 2.76. The number of carbonyl (C=O) groups excluding carboxylic acids is 2. The summed E-state index contributed by atoms with van der Waals surface area (Å²) in [4.78, 5) is 27.0. The Morgan fingerprint density at radius 1 is 1.07 bits per heavy atom. The van der Waals surface area contributed by atoms with Crippen LogP contribution in [0.15, 0.2) is 54.9 Å². The molecular weight excluding hydrogens is 344 g/mol. The summed E-state index contributed by atoms with van der Waals surface area (Å²) < 4.78 is 1.43. The zero-order valence-corrected chi connectivity index (χ0v) is 15.2. The molecule has 0 spiro atoms. The van der Waals surface area contributed by atoms with E-state index in [-0.39, 0.29) is 11.8 Å². The summed E-state index contributed by atoms with van der Waals surface area (Å²) in [7, 11) is 0. The molecule has 0 aliphatic rings. The van der Waals surface area contributed by atoms with Gasteiger partial charge in [0.05, 0.1) is 11.3 Å². The summed E-state index contributed by atoms with van der Waals surface area (Å²) in [6, 6.07) is 13.9. The number of aromatic nitrogens is 4. The van der Waals surface area contributed by atoms with Crippen molar-refractivity contribution in [1.82, 2.24) is 25.1 Å². The average molecular weight is 364 g/mol. The highest BCUT2D eigenvalue weighted by molar-refractivity contribution is 6.07. The van der Waals surface area contributed by atoms with Crippen molar-refractivity contribution < 1.29 is 9.59 Å². The van der Waals surface area contributed by atoms with Gasteiger partial charge in [-0.25, -0.2) is 0 Å². The van der Waals surface area contributed by atoms with E-state index < -0.39 is 0 Å². The van der Waals surface area contributed by atoms with Crippen LogP contribution in [0.3, 0.4) is 0 Å². The summed E-state index contributed by atoms with van der Waals surface area (Å²) in [5.41, 5.74) is 2.07. The van der Waals surface area contributed by atoms with Gasteiger partial charge in [-0.05, 0) is 54.6 Å². The fourth-order valence-corrected chi connectivity index (χ4v) is 2.76. The maximum atomic E-state index is 12.8. The first-order valence-corrected chi connectivity index (χ1v) is 8.67. The van der Waals surface area contributed by atoms with E-state index in [0.717, 1.165) is 0 Å². The standard InChI is InChI=1S/C19H20N6O2/c1-3-24(4-2)19(27)14-8-7-9-15(12-14)21-18(26)16-10-5-6-11-17(16)25-13-20-22-23-25/h5-13H,3-4H2,1-2H3,(H,21,26). The topological polar surface area (TPSA) is 93.0 Å². The van der Waals surface area contributed by atoms with Gasteiger partial charge in [0.2, 0.25) is 0 Å². The van der Waals surface area contributed by atoms with Crippen LogP contribution in [0, 0.1) is 0 Å². The van der Waals surface area contributed by atoms with Gasteiger partial charge in [-0.3, -0.25) is 9.59 Å². The fraction of sp³-hybridized carbons (Fsp3) is 0.211. The Morgan fingerprint density at radius 3 is 2.56 bits per heavy atom. The molecule has 138 valence electrons. The zero-order valence-electron chi connectivity index (χ0n) is 15.2. The molecule has 27 heavy (non-hydrogen) atoms. The molecule has 0 unspecified atom stereocenters. The molecule has 2 aromatic carbocycles. The number of hydrogen-bond donors (Lipinski definition) is 1. The van der Waals surface area contributed by atoms with Crippen molar-refractivity contribution in [3.63, 3.8) is 0 Å². The summed E-state index contributed by atoms with van der Waals surface area (Å²) >= 11 is 0. The van der Waals surface area contributed by atoms with E-state index in [1.165, 1.54) is 11.0 Å². The van der Waals surface area contributed by atoms with Crippen LogP contribution in [0.5, 0.6) is 0 Å². The number of benzene rings is 2. The zero-order chi connectivity index (χ0) is 19.2. The predicted molar refractivity (Wildman–Crippen MR) is 101 cm³/mol. The van der Waals surface area contributed by atoms with Crippen molar-refractivity contribution in [2.24, 2.45) is 0 Å². The maximum Gasteiger partial charge on any atom is 0.257 e. The van der Waals surface area contributed by atoms with Gasteiger partial charge >= 0.3 is 0 Å². The number of hydrogen-bond acceptors (Lipinski definition) is 5. The average Bonchev–Trinajstić information content (AvgIpc) is 3.23. The molecule has 1 heterocycles. The van der Waals surface area contributed by atoms with Crippen molar-refractivity contribution >= 4 is 17.5 Å². The molecule has 8 heteroatoms. The molecule has 3 aromatic rings. The number of nitrogens with one attached hydrogen (secondary N) is 1. The van der Waals surface area contributed by atoms with Gasteiger partial charge in [0.25, 0.3) is 11.8 Å². The van der Waals surface area contributed by atoms with Gasteiger partial charge in [-0.15, -0.1) is 5.10 Å². The first kappa shape index (κ1) is 18.2. The minimum Gasteiger partial charge on any atom is -0.339 e. The number of rotatable bonds is 6. The molecule has 0 radical (unpaired) electrons. The molecule has 0 aliphatic heterocycles. The van der Waals surface area contributed by atoms with Gasteiger partial charge < -0.3 is 10.2 Å². The van der Waals surface area contributed by atoms with Crippen molar-refractivity contribution in [1.29, 1.82) is 0 Å². The van der Waals surface area contributed by atoms with Gasteiger partial charge in [-0.1, -0.05) is 18.2 Å². The Balaban J connectivity index is 1.84. The highest BCUT2D eigenvalue weighted by Crippen LogP contribution is 2.17. The number of para-hydroxylation sites is 1. The van der Waals surface area contributed by atoms with E-state index in [1.807, 2.05) is 13.8 Å². The number of carbonyl (C=O) groups is 2. The summed E-state index contributed by atoms with van der Waals surface area (Å²) in [6.07, 6.45) is 1.43. The minimum atomic E-state index is -0.312. The molecule has 0 saturated heterocycles. The summed E-state index contributed by atoms with van der Waals surface area (Å²) in [6.45, 7) is 5.13. The van der Waals surface area contributed by atoms with Crippen molar-refractivity contribution in [3.05, 3.63) is 66.0 Å². The lowest BCUT2D eigenvalue weighted by Gasteiger charge is -2.19. The van der Waals surface area contributed by atoms with Gasteiger partial charge in [0.15, 0.2) is 0 Å². The third-order valence-electron chi connectivity index (χ3n) is 4.16. The lowest BCUT2D eigenvalue weighted by Crippen LogP contribution is -2.30. The van der Waals surface area contributed by atoms with E-state index in [0.29, 0.717) is 35.6 Å². The van der Waals surface area contributed by atoms with Gasteiger partial charge in [0, 0.05) is 24.3 Å². The Kier molecular flexibility index (Phi) is 5.55. The lowest BCUT2D eigenvalue weighted by molar-refractivity contribution is 0.0772. The Bertz CT molecular complexity index is 935. The molecule has 8 nitrogen and oxygen atoms in total. The molecule has 0 aliphatic carbocycles. The summed E-state index contributed by atoms with van der Waals surface area (Å²) in [5.74, 6) is -0.376. The highest BCUT2D eigenvalue weighted by Gasteiger charge is 2.16. The minimum absolute atomic E-state index is 0.0646. The summed E-state index contributed by atoms with van der Waals surface area (Å²) in [5, 5.41) is 13.9. The predicted octanol–water partition coefficient (Wildman–Crippen LogP) is 2.40. The second-order valence-electron chi connectivity index (χ2n) is 5.78. The SMILES string of the molecule is CCN(CC)C(=O)c1cccc(NC(=O)c2ccccc2-n2cnnn2)c1. The van der Waals surface area contributed by atoms with E-state index in [1.54, 1.807) is 53.4 Å². The monoisotopic (exact) mass is 364 g/mol. The Hall–Kier alpha value is -3.55. The highest BCUT2D eigenvalue weighted by atomic mass is 16.2. The molecule has 0 fully saturated rings. The van der Waals surface area contributed by atoms with E-state index in [2.05, 4.69) is 20.8 Å².